The fraction of sp³-hybridized carbons (Fsp3) is 0.462. The predicted octanol–water partition coefficient (Wildman–Crippen LogP) is 1.12. The number of rotatable bonds is 5. The average molecular weight is 248 g/mol. The van der Waals surface area contributed by atoms with Gasteiger partial charge in [-0.2, -0.15) is 0 Å². The standard InChI is InChI=1S/C13H16N2O3/c1-2-9-4-3-7-14-10(9)8-15-11(16)13(5-6-13)12(17)18/h3-4,7H,2,5-6,8H2,1H3,(H,15,16)(H,17,18). The summed E-state index contributed by atoms with van der Waals surface area (Å²) in [6.07, 6.45) is 3.36. The van der Waals surface area contributed by atoms with E-state index in [2.05, 4.69) is 10.3 Å². The monoisotopic (exact) mass is 248 g/mol. The molecule has 0 aliphatic heterocycles. The lowest BCUT2D eigenvalue weighted by atomic mass is 10.1. The molecule has 0 unspecified atom stereocenters. The molecule has 0 saturated heterocycles. The number of aromatic nitrogens is 1. The van der Waals surface area contributed by atoms with Crippen LogP contribution in [-0.4, -0.2) is 22.0 Å². The number of nitrogens with zero attached hydrogens (tertiary/aromatic N) is 1. The molecule has 0 bridgehead atoms. The highest BCUT2D eigenvalue weighted by Gasteiger charge is 2.56. The van der Waals surface area contributed by atoms with E-state index in [0.717, 1.165) is 17.7 Å². The van der Waals surface area contributed by atoms with Crippen LogP contribution >= 0.6 is 0 Å². The van der Waals surface area contributed by atoms with Gasteiger partial charge in [0.1, 0.15) is 5.41 Å². The van der Waals surface area contributed by atoms with Crippen molar-refractivity contribution < 1.29 is 14.7 Å². The lowest BCUT2D eigenvalue weighted by Gasteiger charge is -2.12. The molecule has 0 radical (unpaired) electrons. The number of nitrogens with one attached hydrogen (secondary N) is 1. The average Bonchev–Trinajstić information content (AvgIpc) is 3.17. The molecule has 0 aromatic carbocycles. The summed E-state index contributed by atoms with van der Waals surface area (Å²) in [5, 5.41) is 11.7. The van der Waals surface area contributed by atoms with Crippen molar-refractivity contribution in [2.24, 2.45) is 5.41 Å². The highest BCUT2D eigenvalue weighted by Crippen LogP contribution is 2.46. The van der Waals surface area contributed by atoms with Crippen molar-refractivity contribution in [2.75, 3.05) is 0 Å². The molecule has 1 heterocycles. The number of carbonyl (C=O) groups is 2. The van der Waals surface area contributed by atoms with Crippen LogP contribution in [0.3, 0.4) is 0 Å². The van der Waals surface area contributed by atoms with Crippen LogP contribution in [-0.2, 0) is 22.6 Å². The topological polar surface area (TPSA) is 79.3 Å². The Bertz CT molecular complexity index is 481. The van der Waals surface area contributed by atoms with Gasteiger partial charge in [0.2, 0.25) is 5.91 Å². The molecule has 5 nitrogen and oxygen atoms in total. The van der Waals surface area contributed by atoms with E-state index in [0.29, 0.717) is 12.8 Å². The molecular formula is C13H16N2O3. The van der Waals surface area contributed by atoms with E-state index >= 15 is 0 Å². The van der Waals surface area contributed by atoms with E-state index in [9.17, 15) is 9.59 Å². The first-order chi connectivity index (χ1) is 8.60. The number of hydrogen-bond acceptors (Lipinski definition) is 3. The number of carbonyl (C=O) groups excluding carboxylic acids is 1. The third kappa shape index (κ3) is 2.20. The minimum absolute atomic E-state index is 0.290. The molecule has 1 saturated carbocycles. The lowest BCUT2D eigenvalue weighted by molar-refractivity contribution is -0.149. The maximum atomic E-state index is 11.8. The Hall–Kier alpha value is -1.91. The number of amides is 1. The first kappa shape index (κ1) is 12.5. The normalized spacial score (nSPS) is 16.1. The van der Waals surface area contributed by atoms with Crippen LogP contribution < -0.4 is 5.32 Å². The zero-order valence-electron chi connectivity index (χ0n) is 10.3. The summed E-state index contributed by atoms with van der Waals surface area (Å²) in [5.41, 5.74) is 0.689. The van der Waals surface area contributed by atoms with Gasteiger partial charge in [-0.15, -0.1) is 0 Å². The molecule has 1 aliphatic carbocycles. The van der Waals surface area contributed by atoms with Crippen molar-refractivity contribution in [2.45, 2.75) is 32.7 Å². The number of carboxylic acid groups (broad SMARTS) is 1. The van der Waals surface area contributed by atoms with Gasteiger partial charge in [0.05, 0.1) is 12.2 Å². The summed E-state index contributed by atoms with van der Waals surface area (Å²) >= 11 is 0. The van der Waals surface area contributed by atoms with E-state index in [-0.39, 0.29) is 6.54 Å². The molecule has 1 aromatic rings. The largest absolute Gasteiger partial charge is 0.480 e. The van der Waals surface area contributed by atoms with Crippen molar-refractivity contribution in [3.05, 3.63) is 29.6 Å². The van der Waals surface area contributed by atoms with Gasteiger partial charge in [-0.25, -0.2) is 0 Å². The number of hydrogen-bond donors (Lipinski definition) is 2. The van der Waals surface area contributed by atoms with Crippen LogP contribution in [0.4, 0.5) is 0 Å². The molecule has 0 spiro atoms. The van der Waals surface area contributed by atoms with Crippen molar-refractivity contribution in [1.29, 1.82) is 0 Å². The number of carboxylic acids is 1. The SMILES string of the molecule is CCc1cccnc1CNC(=O)C1(C(=O)O)CC1. The highest BCUT2D eigenvalue weighted by molar-refractivity contribution is 6.04. The Labute approximate surface area is 105 Å². The van der Waals surface area contributed by atoms with Crippen LogP contribution in [0.15, 0.2) is 18.3 Å². The van der Waals surface area contributed by atoms with Gasteiger partial charge in [0, 0.05) is 6.20 Å². The van der Waals surface area contributed by atoms with E-state index < -0.39 is 17.3 Å². The molecule has 1 aliphatic rings. The molecule has 2 rings (SSSR count). The van der Waals surface area contributed by atoms with E-state index in [4.69, 9.17) is 5.11 Å². The molecule has 5 heteroatoms. The van der Waals surface area contributed by atoms with Crippen LogP contribution in [0.1, 0.15) is 31.0 Å². The van der Waals surface area contributed by atoms with Crippen molar-refractivity contribution in [1.82, 2.24) is 10.3 Å². The summed E-state index contributed by atoms with van der Waals surface area (Å²) < 4.78 is 0. The molecule has 1 fully saturated rings. The molecule has 0 atom stereocenters. The van der Waals surface area contributed by atoms with Gasteiger partial charge >= 0.3 is 5.97 Å². The zero-order valence-corrected chi connectivity index (χ0v) is 10.3. The smallest absolute Gasteiger partial charge is 0.319 e. The molecule has 96 valence electrons. The van der Waals surface area contributed by atoms with Gasteiger partial charge in [-0.1, -0.05) is 13.0 Å². The number of aryl methyl sites for hydroxylation is 1. The molecule has 1 amide bonds. The quantitative estimate of drug-likeness (QED) is 0.765. The second-order valence-electron chi connectivity index (χ2n) is 4.53. The molecule has 2 N–H and O–H groups in total. The Morgan fingerprint density at radius 3 is 2.78 bits per heavy atom. The maximum absolute atomic E-state index is 11.8. The lowest BCUT2D eigenvalue weighted by Crippen LogP contribution is -2.36. The third-order valence-electron chi connectivity index (χ3n) is 3.38. The summed E-state index contributed by atoms with van der Waals surface area (Å²) in [5.74, 6) is -1.43. The van der Waals surface area contributed by atoms with Gasteiger partial charge in [-0.3, -0.25) is 14.6 Å². The minimum atomic E-state index is -1.18. The maximum Gasteiger partial charge on any atom is 0.319 e. The summed E-state index contributed by atoms with van der Waals surface area (Å²) in [7, 11) is 0. The summed E-state index contributed by atoms with van der Waals surface area (Å²) in [6, 6.07) is 3.81. The van der Waals surface area contributed by atoms with E-state index in [1.807, 2.05) is 19.1 Å². The number of pyridine rings is 1. The molecule has 18 heavy (non-hydrogen) atoms. The minimum Gasteiger partial charge on any atom is -0.480 e. The molecule has 1 aromatic heterocycles. The van der Waals surface area contributed by atoms with Crippen molar-refractivity contribution >= 4 is 11.9 Å². The Balaban J connectivity index is 2.00. The fourth-order valence-electron chi connectivity index (χ4n) is 1.95. The summed E-state index contributed by atoms with van der Waals surface area (Å²) in [4.78, 5) is 27.0. The van der Waals surface area contributed by atoms with E-state index in [1.165, 1.54) is 0 Å². The van der Waals surface area contributed by atoms with Gasteiger partial charge in [0.15, 0.2) is 0 Å². The highest BCUT2D eigenvalue weighted by atomic mass is 16.4. The zero-order chi connectivity index (χ0) is 13.2. The van der Waals surface area contributed by atoms with Crippen LogP contribution in [0.25, 0.3) is 0 Å². The Morgan fingerprint density at radius 2 is 2.22 bits per heavy atom. The predicted molar refractivity (Wildman–Crippen MR) is 64.8 cm³/mol. The first-order valence-corrected chi connectivity index (χ1v) is 6.04. The van der Waals surface area contributed by atoms with Gasteiger partial charge in [0.25, 0.3) is 0 Å². The van der Waals surface area contributed by atoms with Gasteiger partial charge < -0.3 is 10.4 Å². The Kier molecular flexibility index (Phi) is 3.32. The van der Waals surface area contributed by atoms with Gasteiger partial charge in [-0.05, 0) is 30.9 Å². The second kappa shape index (κ2) is 4.76. The second-order valence-corrected chi connectivity index (χ2v) is 4.53. The van der Waals surface area contributed by atoms with Crippen molar-refractivity contribution in [3.63, 3.8) is 0 Å². The first-order valence-electron chi connectivity index (χ1n) is 6.04. The van der Waals surface area contributed by atoms with Crippen LogP contribution in [0, 0.1) is 5.41 Å². The fourth-order valence-corrected chi connectivity index (χ4v) is 1.95. The Morgan fingerprint density at radius 1 is 1.50 bits per heavy atom. The van der Waals surface area contributed by atoms with Crippen molar-refractivity contribution in [3.8, 4) is 0 Å². The summed E-state index contributed by atoms with van der Waals surface area (Å²) in [6.45, 7) is 2.31. The number of aliphatic carboxylic acids is 1. The third-order valence-corrected chi connectivity index (χ3v) is 3.38. The molecular weight excluding hydrogens is 232 g/mol. The van der Waals surface area contributed by atoms with Crippen LogP contribution in [0.2, 0.25) is 0 Å². The van der Waals surface area contributed by atoms with Crippen LogP contribution in [0.5, 0.6) is 0 Å². The van der Waals surface area contributed by atoms with E-state index in [1.54, 1.807) is 6.20 Å².